The lowest BCUT2D eigenvalue weighted by atomic mass is 10.1. The van der Waals surface area contributed by atoms with Gasteiger partial charge in [-0.3, -0.25) is 10.1 Å². The lowest BCUT2D eigenvalue weighted by molar-refractivity contribution is -0.385. The molecule has 17 heavy (non-hydrogen) atoms. The van der Waals surface area contributed by atoms with Crippen molar-refractivity contribution in [2.75, 3.05) is 14.2 Å². The van der Waals surface area contributed by atoms with Gasteiger partial charge >= 0.3 is 5.69 Å². The predicted molar refractivity (Wildman–Crippen MR) is 66.5 cm³/mol. The van der Waals surface area contributed by atoms with Crippen LogP contribution < -0.4 is 10.1 Å². The molecule has 5 nitrogen and oxygen atoms in total. The number of hydrogen-bond donors (Lipinski definition) is 1. The summed E-state index contributed by atoms with van der Waals surface area (Å²) in [6.07, 6.45) is 1.76. The number of rotatable bonds is 6. The number of hydrogen-bond acceptors (Lipinski definition) is 4. The fourth-order valence-corrected chi connectivity index (χ4v) is 1.56. The van der Waals surface area contributed by atoms with Crippen molar-refractivity contribution >= 4 is 5.69 Å². The minimum atomic E-state index is -0.413. The third-order valence-corrected chi connectivity index (χ3v) is 2.80. The fourth-order valence-electron chi connectivity index (χ4n) is 1.56. The lowest BCUT2D eigenvalue weighted by Gasteiger charge is -2.10. The number of methoxy groups -OCH3 is 1. The van der Waals surface area contributed by atoms with Gasteiger partial charge in [0, 0.05) is 12.1 Å². The summed E-state index contributed by atoms with van der Waals surface area (Å²) in [5.41, 5.74) is 0.988. The van der Waals surface area contributed by atoms with Gasteiger partial charge < -0.3 is 10.1 Å². The molecule has 0 fully saturated rings. The van der Waals surface area contributed by atoms with Crippen LogP contribution in [0.4, 0.5) is 5.69 Å². The number of nitrogens with one attached hydrogen (secondary N) is 1. The van der Waals surface area contributed by atoms with Gasteiger partial charge in [-0.25, -0.2) is 0 Å². The van der Waals surface area contributed by atoms with Crippen LogP contribution in [0.2, 0.25) is 0 Å². The molecule has 0 saturated heterocycles. The molecule has 5 heteroatoms. The number of ether oxygens (including phenoxy) is 1. The summed E-state index contributed by atoms with van der Waals surface area (Å²) in [6, 6.07) is 5.50. The van der Waals surface area contributed by atoms with E-state index in [1.807, 2.05) is 13.1 Å². The first-order valence-electron chi connectivity index (χ1n) is 5.57. The van der Waals surface area contributed by atoms with E-state index in [1.165, 1.54) is 7.11 Å². The Bertz CT molecular complexity index is 393. The molecule has 0 heterocycles. The SMILES string of the molecule is CNC(C)CCc1ccc(OC)c([N+](=O)[O-])c1. The summed E-state index contributed by atoms with van der Waals surface area (Å²) >= 11 is 0. The van der Waals surface area contributed by atoms with E-state index < -0.39 is 4.92 Å². The van der Waals surface area contributed by atoms with Crippen LogP contribution in [-0.2, 0) is 6.42 Å². The van der Waals surface area contributed by atoms with Gasteiger partial charge in [0.25, 0.3) is 0 Å². The molecule has 1 aromatic rings. The minimum Gasteiger partial charge on any atom is -0.490 e. The standard InChI is InChI=1S/C12H18N2O3/c1-9(13-2)4-5-10-6-7-12(17-3)11(8-10)14(15)16/h6-9,13H,4-5H2,1-3H3. The van der Waals surface area contributed by atoms with Gasteiger partial charge in [-0.15, -0.1) is 0 Å². The first-order valence-corrected chi connectivity index (χ1v) is 5.57. The summed E-state index contributed by atoms with van der Waals surface area (Å²) in [5.74, 6) is 0.306. The van der Waals surface area contributed by atoms with Crippen molar-refractivity contribution in [1.29, 1.82) is 0 Å². The van der Waals surface area contributed by atoms with Crippen molar-refractivity contribution in [3.8, 4) is 5.75 Å². The third-order valence-electron chi connectivity index (χ3n) is 2.80. The van der Waals surface area contributed by atoms with Gasteiger partial charge in [-0.05, 0) is 38.4 Å². The van der Waals surface area contributed by atoms with Gasteiger partial charge in [-0.1, -0.05) is 6.07 Å². The molecule has 94 valence electrons. The topological polar surface area (TPSA) is 64.4 Å². The van der Waals surface area contributed by atoms with E-state index in [0.29, 0.717) is 11.8 Å². The van der Waals surface area contributed by atoms with Gasteiger partial charge in [0.15, 0.2) is 5.75 Å². The minimum absolute atomic E-state index is 0.0297. The van der Waals surface area contributed by atoms with Crippen molar-refractivity contribution in [1.82, 2.24) is 5.32 Å². The number of nitro groups is 1. The Hall–Kier alpha value is -1.62. The molecular weight excluding hydrogens is 220 g/mol. The van der Waals surface area contributed by atoms with E-state index >= 15 is 0 Å². The fraction of sp³-hybridized carbons (Fsp3) is 0.500. The van der Waals surface area contributed by atoms with Gasteiger partial charge in [0.1, 0.15) is 0 Å². The van der Waals surface area contributed by atoms with Crippen LogP contribution in [0.1, 0.15) is 18.9 Å². The van der Waals surface area contributed by atoms with Crippen LogP contribution in [0, 0.1) is 10.1 Å². The zero-order valence-corrected chi connectivity index (χ0v) is 10.4. The molecule has 0 bridgehead atoms. The molecule has 0 aliphatic rings. The maximum absolute atomic E-state index is 10.8. The van der Waals surface area contributed by atoms with Crippen molar-refractivity contribution in [3.05, 3.63) is 33.9 Å². The lowest BCUT2D eigenvalue weighted by Crippen LogP contribution is -2.21. The highest BCUT2D eigenvalue weighted by atomic mass is 16.6. The van der Waals surface area contributed by atoms with Gasteiger partial charge in [0.05, 0.1) is 12.0 Å². The molecular formula is C12H18N2O3. The normalized spacial score (nSPS) is 12.2. The average molecular weight is 238 g/mol. The Morgan fingerprint density at radius 2 is 2.24 bits per heavy atom. The maximum atomic E-state index is 10.8. The smallest absolute Gasteiger partial charge is 0.311 e. The monoisotopic (exact) mass is 238 g/mol. The van der Waals surface area contributed by atoms with Crippen molar-refractivity contribution in [2.24, 2.45) is 0 Å². The van der Waals surface area contributed by atoms with E-state index in [0.717, 1.165) is 18.4 Å². The highest BCUT2D eigenvalue weighted by molar-refractivity contribution is 5.48. The number of aryl methyl sites for hydroxylation is 1. The molecule has 1 aromatic carbocycles. The van der Waals surface area contributed by atoms with Crippen LogP contribution >= 0.6 is 0 Å². The first-order chi connectivity index (χ1) is 8.08. The number of nitro benzene ring substituents is 1. The van der Waals surface area contributed by atoms with Gasteiger partial charge in [0.2, 0.25) is 0 Å². The molecule has 1 rings (SSSR count). The molecule has 1 unspecified atom stereocenters. The Kier molecular flexibility index (Phi) is 4.90. The molecule has 1 N–H and O–H groups in total. The van der Waals surface area contributed by atoms with Crippen LogP contribution in [0.3, 0.4) is 0 Å². The molecule has 0 saturated carbocycles. The van der Waals surface area contributed by atoms with Crippen molar-refractivity contribution in [3.63, 3.8) is 0 Å². The van der Waals surface area contributed by atoms with Crippen molar-refractivity contribution in [2.45, 2.75) is 25.8 Å². The Labute approximate surface area is 101 Å². The van der Waals surface area contributed by atoms with Gasteiger partial charge in [-0.2, -0.15) is 0 Å². The summed E-state index contributed by atoms with van der Waals surface area (Å²) in [7, 11) is 3.34. The molecule has 0 aromatic heterocycles. The summed E-state index contributed by atoms with van der Waals surface area (Å²) in [4.78, 5) is 10.4. The van der Waals surface area contributed by atoms with Crippen LogP contribution in [0.5, 0.6) is 5.75 Å². The Morgan fingerprint density at radius 3 is 2.76 bits per heavy atom. The summed E-state index contributed by atoms with van der Waals surface area (Å²) in [6.45, 7) is 2.08. The molecule has 0 spiro atoms. The number of benzene rings is 1. The quantitative estimate of drug-likeness (QED) is 0.609. The van der Waals surface area contributed by atoms with E-state index in [2.05, 4.69) is 12.2 Å². The summed E-state index contributed by atoms with van der Waals surface area (Å²) < 4.78 is 4.95. The Morgan fingerprint density at radius 1 is 1.53 bits per heavy atom. The molecule has 0 amide bonds. The van der Waals surface area contributed by atoms with E-state index in [1.54, 1.807) is 12.1 Å². The zero-order chi connectivity index (χ0) is 12.8. The highest BCUT2D eigenvalue weighted by Crippen LogP contribution is 2.27. The maximum Gasteiger partial charge on any atom is 0.311 e. The van der Waals surface area contributed by atoms with E-state index in [-0.39, 0.29) is 5.69 Å². The van der Waals surface area contributed by atoms with Crippen LogP contribution in [0.15, 0.2) is 18.2 Å². The summed E-state index contributed by atoms with van der Waals surface area (Å²) in [5, 5.41) is 14.0. The van der Waals surface area contributed by atoms with E-state index in [9.17, 15) is 10.1 Å². The molecule has 1 atom stereocenters. The number of nitrogens with zero attached hydrogens (tertiary/aromatic N) is 1. The molecule has 0 aliphatic carbocycles. The van der Waals surface area contributed by atoms with Crippen LogP contribution in [-0.4, -0.2) is 25.1 Å². The highest BCUT2D eigenvalue weighted by Gasteiger charge is 2.15. The average Bonchev–Trinajstić information content (AvgIpc) is 2.35. The largest absolute Gasteiger partial charge is 0.490 e. The second-order valence-electron chi connectivity index (χ2n) is 3.99. The molecule has 0 radical (unpaired) electrons. The third kappa shape index (κ3) is 3.71. The Balaban J connectivity index is 2.81. The second-order valence-corrected chi connectivity index (χ2v) is 3.99. The predicted octanol–water partition coefficient (Wildman–Crippen LogP) is 2.14. The van der Waals surface area contributed by atoms with E-state index in [4.69, 9.17) is 4.74 Å². The van der Waals surface area contributed by atoms with Crippen molar-refractivity contribution < 1.29 is 9.66 Å². The second kappa shape index (κ2) is 6.20. The zero-order valence-electron chi connectivity index (χ0n) is 10.4. The first kappa shape index (κ1) is 13.4. The molecule has 0 aliphatic heterocycles. The van der Waals surface area contributed by atoms with Crippen LogP contribution in [0.25, 0.3) is 0 Å².